The SMILES string of the molecule is C/C=C/C=C/C(=O)OCC(=O)Nc1cc(Cl)ccc1C. The summed E-state index contributed by atoms with van der Waals surface area (Å²) in [7, 11) is 0. The molecule has 0 radical (unpaired) electrons. The zero-order valence-electron chi connectivity index (χ0n) is 11.4. The summed E-state index contributed by atoms with van der Waals surface area (Å²) in [6.07, 6.45) is 6.26. The lowest BCUT2D eigenvalue weighted by atomic mass is 10.2. The second-order valence-electron chi connectivity index (χ2n) is 4.00. The molecule has 0 bridgehead atoms. The number of allylic oxidation sites excluding steroid dienone is 3. The van der Waals surface area contributed by atoms with Gasteiger partial charge >= 0.3 is 5.97 Å². The van der Waals surface area contributed by atoms with Crippen molar-refractivity contribution in [1.82, 2.24) is 0 Å². The average molecular weight is 294 g/mol. The fraction of sp³-hybridized carbons (Fsp3) is 0.200. The fourth-order valence-corrected chi connectivity index (χ4v) is 1.52. The molecule has 0 saturated carbocycles. The molecule has 0 saturated heterocycles. The van der Waals surface area contributed by atoms with E-state index in [2.05, 4.69) is 5.32 Å². The molecule has 0 atom stereocenters. The molecule has 5 heteroatoms. The minimum absolute atomic E-state index is 0.342. The minimum Gasteiger partial charge on any atom is -0.452 e. The van der Waals surface area contributed by atoms with E-state index in [0.29, 0.717) is 10.7 Å². The number of aryl methyl sites for hydroxylation is 1. The Bertz CT molecular complexity index is 550. The van der Waals surface area contributed by atoms with Crippen molar-refractivity contribution in [2.45, 2.75) is 13.8 Å². The first-order valence-electron chi connectivity index (χ1n) is 6.05. The summed E-state index contributed by atoms with van der Waals surface area (Å²) >= 11 is 5.85. The molecule has 0 aliphatic carbocycles. The third-order valence-corrected chi connectivity index (χ3v) is 2.59. The largest absolute Gasteiger partial charge is 0.452 e. The Kier molecular flexibility index (Phi) is 6.53. The van der Waals surface area contributed by atoms with Crippen molar-refractivity contribution < 1.29 is 14.3 Å². The van der Waals surface area contributed by atoms with E-state index in [1.54, 1.807) is 36.4 Å². The van der Waals surface area contributed by atoms with Crippen LogP contribution in [0.25, 0.3) is 0 Å². The molecule has 1 amide bonds. The highest BCUT2D eigenvalue weighted by Gasteiger charge is 2.07. The molecule has 0 aliphatic rings. The second kappa shape index (κ2) is 8.17. The lowest BCUT2D eigenvalue weighted by Crippen LogP contribution is -2.20. The third kappa shape index (κ3) is 5.71. The molecular weight excluding hydrogens is 278 g/mol. The number of rotatable bonds is 5. The molecule has 1 N–H and O–H groups in total. The zero-order chi connectivity index (χ0) is 15.0. The van der Waals surface area contributed by atoms with Gasteiger partial charge in [-0.25, -0.2) is 4.79 Å². The van der Waals surface area contributed by atoms with Crippen LogP contribution in [0.5, 0.6) is 0 Å². The number of anilines is 1. The summed E-state index contributed by atoms with van der Waals surface area (Å²) in [6, 6.07) is 5.17. The van der Waals surface area contributed by atoms with Crippen LogP contribution in [-0.2, 0) is 14.3 Å². The predicted octanol–water partition coefficient (Wildman–Crippen LogP) is 3.26. The Morgan fingerprint density at radius 1 is 1.35 bits per heavy atom. The number of nitrogens with one attached hydrogen (secondary N) is 1. The summed E-state index contributed by atoms with van der Waals surface area (Å²) in [5.74, 6) is -0.982. The van der Waals surface area contributed by atoms with Gasteiger partial charge in [0.05, 0.1) is 0 Å². The average Bonchev–Trinajstić information content (AvgIpc) is 2.41. The van der Waals surface area contributed by atoms with Crippen LogP contribution >= 0.6 is 11.6 Å². The number of carbonyl (C=O) groups excluding carboxylic acids is 2. The molecule has 0 spiro atoms. The van der Waals surface area contributed by atoms with Gasteiger partial charge in [0.25, 0.3) is 5.91 Å². The topological polar surface area (TPSA) is 55.4 Å². The molecule has 106 valence electrons. The highest BCUT2D eigenvalue weighted by Crippen LogP contribution is 2.19. The molecule has 0 aliphatic heterocycles. The number of hydrogen-bond donors (Lipinski definition) is 1. The number of carbonyl (C=O) groups is 2. The minimum atomic E-state index is -0.568. The summed E-state index contributed by atoms with van der Waals surface area (Å²) in [5, 5.41) is 3.16. The standard InChI is InChI=1S/C15H16ClNO3/c1-3-4-5-6-15(19)20-10-14(18)17-13-9-12(16)8-7-11(13)2/h3-9H,10H2,1-2H3,(H,17,18)/b4-3+,6-5+. The second-order valence-corrected chi connectivity index (χ2v) is 4.44. The molecule has 4 nitrogen and oxygen atoms in total. The Morgan fingerprint density at radius 3 is 2.80 bits per heavy atom. The molecule has 0 unspecified atom stereocenters. The van der Waals surface area contributed by atoms with Gasteiger partial charge in [0.2, 0.25) is 0 Å². The molecule has 0 heterocycles. The maximum Gasteiger partial charge on any atom is 0.331 e. The van der Waals surface area contributed by atoms with E-state index >= 15 is 0 Å². The molecule has 0 aromatic heterocycles. The van der Waals surface area contributed by atoms with Crippen LogP contribution in [0.1, 0.15) is 12.5 Å². The normalized spacial score (nSPS) is 10.9. The van der Waals surface area contributed by atoms with Crippen LogP contribution in [-0.4, -0.2) is 18.5 Å². The number of amides is 1. The first-order valence-corrected chi connectivity index (χ1v) is 6.43. The van der Waals surface area contributed by atoms with Gasteiger partial charge < -0.3 is 10.1 Å². The van der Waals surface area contributed by atoms with Crippen LogP contribution in [0.4, 0.5) is 5.69 Å². The van der Waals surface area contributed by atoms with Crippen molar-refractivity contribution in [2.24, 2.45) is 0 Å². The molecule has 1 aromatic carbocycles. The number of esters is 1. The molecule has 20 heavy (non-hydrogen) atoms. The van der Waals surface area contributed by atoms with Crippen molar-refractivity contribution in [3.63, 3.8) is 0 Å². The van der Waals surface area contributed by atoms with E-state index in [-0.39, 0.29) is 6.61 Å². The molecule has 1 aromatic rings. The number of hydrogen-bond acceptors (Lipinski definition) is 3. The summed E-state index contributed by atoms with van der Waals surface area (Å²) < 4.78 is 4.79. The van der Waals surface area contributed by atoms with Gasteiger partial charge in [-0.2, -0.15) is 0 Å². The highest BCUT2D eigenvalue weighted by atomic mass is 35.5. The molecule has 1 rings (SSSR count). The van der Waals surface area contributed by atoms with Gasteiger partial charge in [0, 0.05) is 16.8 Å². The first kappa shape index (κ1) is 16.0. The summed E-state index contributed by atoms with van der Waals surface area (Å²) in [6.45, 7) is 3.33. The van der Waals surface area contributed by atoms with Crippen molar-refractivity contribution in [3.8, 4) is 0 Å². The van der Waals surface area contributed by atoms with Gasteiger partial charge in [-0.3, -0.25) is 4.79 Å². The van der Waals surface area contributed by atoms with Gasteiger partial charge in [0.1, 0.15) is 0 Å². The number of benzene rings is 1. The van der Waals surface area contributed by atoms with Crippen LogP contribution in [0.2, 0.25) is 5.02 Å². The van der Waals surface area contributed by atoms with E-state index in [1.807, 2.05) is 13.8 Å². The monoisotopic (exact) mass is 293 g/mol. The van der Waals surface area contributed by atoms with Gasteiger partial charge in [-0.1, -0.05) is 35.9 Å². The molecule has 0 fully saturated rings. The summed E-state index contributed by atoms with van der Waals surface area (Å²) in [5.41, 5.74) is 1.48. The van der Waals surface area contributed by atoms with Crippen molar-refractivity contribution in [1.29, 1.82) is 0 Å². The zero-order valence-corrected chi connectivity index (χ0v) is 12.1. The Hall–Kier alpha value is -2.07. The smallest absolute Gasteiger partial charge is 0.331 e. The van der Waals surface area contributed by atoms with E-state index in [0.717, 1.165) is 5.56 Å². The quantitative estimate of drug-likeness (QED) is 0.515. The Labute approximate surface area is 123 Å². The highest BCUT2D eigenvalue weighted by molar-refractivity contribution is 6.31. The van der Waals surface area contributed by atoms with Crippen molar-refractivity contribution in [2.75, 3.05) is 11.9 Å². The van der Waals surface area contributed by atoms with E-state index < -0.39 is 11.9 Å². The van der Waals surface area contributed by atoms with Crippen LogP contribution in [0, 0.1) is 6.92 Å². The first-order chi connectivity index (χ1) is 9.52. The van der Waals surface area contributed by atoms with E-state index in [9.17, 15) is 9.59 Å². The van der Waals surface area contributed by atoms with Crippen LogP contribution < -0.4 is 5.32 Å². The lowest BCUT2D eigenvalue weighted by Gasteiger charge is -2.08. The predicted molar refractivity (Wildman–Crippen MR) is 79.7 cm³/mol. The maximum absolute atomic E-state index is 11.6. The van der Waals surface area contributed by atoms with Gasteiger partial charge in [-0.05, 0) is 31.5 Å². The van der Waals surface area contributed by atoms with Gasteiger partial charge in [-0.15, -0.1) is 0 Å². The summed E-state index contributed by atoms with van der Waals surface area (Å²) in [4.78, 5) is 22.9. The Morgan fingerprint density at radius 2 is 2.10 bits per heavy atom. The fourth-order valence-electron chi connectivity index (χ4n) is 1.35. The number of halogens is 1. The maximum atomic E-state index is 11.6. The van der Waals surface area contributed by atoms with Gasteiger partial charge in [0.15, 0.2) is 6.61 Å². The van der Waals surface area contributed by atoms with E-state index in [1.165, 1.54) is 6.08 Å². The van der Waals surface area contributed by atoms with Crippen molar-refractivity contribution >= 4 is 29.2 Å². The Balaban J connectivity index is 2.48. The lowest BCUT2D eigenvalue weighted by molar-refractivity contribution is -0.142. The number of ether oxygens (including phenoxy) is 1. The van der Waals surface area contributed by atoms with Crippen LogP contribution in [0.15, 0.2) is 42.5 Å². The molecular formula is C15H16ClNO3. The van der Waals surface area contributed by atoms with Crippen molar-refractivity contribution in [3.05, 3.63) is 53.1 Å². The van der Waals surface area contributed by atoms with Crippen LogP contribution in [0.3, 0.4) is 0 Å². The third-order valence-electron chi connectivity index (χ3n) is 2.36. The van der Waals surface area contributed by atoms with E-state index in [4.69, 9.17) is 16.3 Å².